The predicted molar refractivity (Wildman–Crippen MR) is 67.0 cm³/mol. The molecule has 0 N–H and O–H groups in total. The first-order valence-corrected chi connectivity index (χ1v) is 6.08. The van der Waals surface area contributed by atoms with E-state index in [1.54, 1.807) is 6.20 Å². The second-order valence-electron chi connectivity index (χ2n) is 4.39. The molecule has 0 spiro atoms. The van der Waals surface area contributed by atoms with E-state index in [-0.39, 0.29) is 0 Å². The number of carbonyl (C=O) groups excluding carboxylic acids is 1. The topological polar surface area (TPSA) is 44.1 Å². The summed E-state index contributed by atoms with van der Waals surface area (Å²) in [5.74, 6) is 1.49. The Morgan fingerprint density at radius 1 is 1.44 bits per heavy atom. The Hall–Kier alpha value is -2.10. The lowest BCUT2D eigenvalue weighted by Crippen LogP contribution is -2.04. The number of fused-ring (bicyclic) bond motifs is 1. The molecule has 0 saturated heterocycles. The number of benzene rings is 1. The van der Waals surface area contributed by atoms with Crippen molar-refractivity contribution in [2.75, 3.05) is 6.61 Å². The average molecular weight is 242 g/mol. The van der Waals surface area contributed by atoms with Crippen LogP contribution >= 0.6 is 0 Å². The number of carbonyl (C=O) groups is 1. The van der Waals surface area contributed by atoms with Gasteiger partial charge in [-0.15, -0.1) is 0 Å². The first-order valence-electron chi connectivity index (χ1n) is 6.08. The van der Waals surface area contributed by atoms with Crippen molar-refractivity contribution in [2.45, 2.75) is 19.4 Å². The van der Waals surface area contributed by atoms with E-state index < -0.39 is 0 Å². The summed E-state index contributed by atoms with van der Waals surface area (Å²) in [7, 11) is 0. The number of imidazole rings is 1. The third-order valence-corrected chi connectivity index (χ3v) is 3.25. The lowest BCUT2D eigenvalue weighted by atomic mass is 10.1. The molecule has 3 rings (SSSR count). The van der Waals surface area contributed by atoms with E-state index in [4.69, 9.17) is 4.74 Å². The molecule has 1 aliphatic rings. The summed E-state index contributed by atoms with van der Waals surface area (Å²) in [6, 6.07) is 6.31. The van der Waals surface area contributed by atoms with Gasteiger partial charge >= 0.3 is 0 Å². The van der Waals surface area contributed by atoms with Gasteiger partial charge in [0.05, 0.1) is 6.61 Å². The van der Waals surface area contributed by atoms with E-state index in [1.807, 2.05) is 16.8 Å². The maximum Gasteiger partial charge on any atom is 0.185 e. The molecule has 0 atom stereocenters. The van der Waals surface area contributed by atoms with Crippen molar-refractivity contribution in [3.05, 3.63) is 47.5 Å². The van der Waals surface area contributed by atoms with E-state index in [0.717, 1.165) is 38.0 Å². The van der Waals surface area contributed by atoms with Gasteiger partial charge in [0, 0.05) is 25.4 Å². The molecule has 1 aromatic carbocycles. The van der Waals surface area contributed by atoms with Gasteiger partial charge in [0.1, 0.15) is 5.75 Å². The number of aromatic nitrogens is 2. The fourth-order valence-corrected chi connectivity index (χ4v) is 2.27. The van der Waals surface area contributed by atoms with Crippen LogP contribution in [-0.2, 0) is 19.4 Å². The smallest absolute Gasteiger partial charge is 0.185 e. The highest BCUT2D eigenvalue weighted by Gasteiger charge is 2.12. The molecule has 2 heterocycles. The van der Waals surface area contributed by atoms with E-state index in [9.17, 15) is 4.79 Å². The largest absolute Gasteiger partial charge is 0.493 e. The van der Waals surface area contributed by atoms with Crippen molar-refractivity contribution in [3.63, 3.8) is 0 Å². The van der Waals surface area contributed by atoms with Crippen LogP contribution in [0.4, 0.5) is 0 Å². The van der Waals surface area contributed by atoms with Crippen molar-refractivity contribution in [2.24, 2.45) is 0 Å². The van der Waals surface area contributed by atoms with Gasteiger partial charge in [-0.3, -0.25) is 4.79 Å². The summed E-state index contributed by atoms with van der Waals surface area (Å²) >= 11 is 0. The van der Waals surface area contributed by atoms with E-state index in [1.165, 1.54) is 11.1 Å². The second-order valence-corrected chi connectivity index (χ2v) is 4.39. The third-order valence-electron chi connectivity index (χ3n) is 3.25. The molecule has 92 valence electrons. The van der Waals surface area contributed by atoms with Crippen LogP contribution in [0.25, 0.3) is 0 Å². The Bertz CT molecular complexity index is 575. The van der Waals surface area contributed by atoms with Crippen LogP contribution in [-0.4, -0.2) is 22.4 Å². The third kappa shape index (κ3) is 2.01. The van der Waals surface area contributed by atoms with Crippen LogP contribution in [0.1, 0.15) is 21.7 Å². The van der Waals surface area contributed by atoms with Gasteiger partial charge in [-0.2, -0.15) is 0 Å². The fraction of sp³-hybridized carbons (Fsp3) is 0.286. The van der Waals surface area contributed by atoms with Gasteiger partial charge in [-0.25, -0.2) is 4.98 Å². The van der Waals surface area contributed by atoms with E-state index >= 15 is 0 Å². The number of hydrogen-bond acceptors (Lipinski definition) is 3. The minimum absolute atomic E-state index is 0.486. The van der Waals surface area contributed by atoms with Crippen LogP contribution < -0.4 is 4.74 Å². The van der Waals surface area contributed by atoms with Crippen LogP contribution in [0.15, 0.2) is 30.6 Å². The van der Waals surface area contributed by atoms with Gasteiger partial charge in [-0.1, -0.05) is 12.1 Å². The molecular formula is C14H14N2O2. The Labute approximate surface area is 105 Å². The van der Waals surface area contributed by atoms with Gasteiger partial charge in [0.25, 0.3) is 0 Å². The van der Waals surface area contributed by atoms with Crippen molar-refractivity contribution in [1.29, 1.82) is 0 Å². The lowest BCUT2D eigenvalue weighted by molar-refractivity contribution is 0.111. The monoisotopic (exact) mass is 242 g/mol. The number of aryl methyl sites for hydroxylation is 2. The predicted octanol–water partition coefficient (Wildman–Crippen LogP) is 1.87. The summed E-state index contributed by atoms with van der Waals surface area (Å²) < 4.78 is 7.35. The number of aldehydes is 1. The molecule has 0 unspecified atom stereocenters. The molecule has 1 aliphatic heterocycles. The number of ether oxygens (including phenoxy) is 1. The summed E-state index contributed by atoms with van der Waals surface area (Å²) in [6.07, 6.45) is 6.16. The van der Waals surface area contributed by atoms with Crippen LogP contribution in [0.2, 0.25) is 0 Å². The SMILES string of the molecule is O=Cc1nccn1CCc1ccc2c(c1)CCO2. The van der Waals surface area contributed by atoms with Crippen LogP contribution in [0.5, 0.6) is 5.75 Å². The summed E-state index contributed by atoms with van der Waals surface area (Å²) in [4.78, 5) is 14.7. The van der Waals surface area contributed by atoms with Crippen LogP contribution in [0.3, 0.4) is 0 Å². The Kier molecular flexibility index (Phi) is 2.84. The molecule has 1 aromatic heterocycles. The Morgan fingerprint density at radius 2 is 2.39 bits per heavy atom. The molecular weight excluding hydrogens is 228 g/mol. The molecule has 4 nitrogen and oxygen atoms in total. The van der Waals surface area contributed by atoms with Crippen LogP contribution in [0, 0.1) is 0 Å². The zero-order valence-electron chi connectivity index (χ0n) is 10.0. The van der Waals surface area contributed by atoms with E-state index in [2.05, 4.69) is 17.1 Å². The summed E-state index contributed by atoms with van der Waals surface area (Å²) in [6.45, 7) is 1.56. The minimum atomic E-state index is 0.486. The molecule has 4 heteroatoms. The average Bonchev–Trinajstić information content (AvgIpc) is 3.04. The maximum absolute atomic E-state index is 10.8. The molecule has 0 radical (unpaired) electrons. The lowest BCUT2D eigenvalue weighted by Gasteiger charge is -2.06. The molecule has 0 bridgehead atoms. The van der Waals surface area contributed by atoms with Crippen molar-refractivity contribution in [3.8, 4) is 5.75 Å². The molecule has 0 aliphatic carbocycles. The maximum atomic E-state index is 10.8. The zero-order chi connectivity index (χ0) is 12.4. The van der Waals surface area contributed by atoms with E-state index in [0.29, 0.717) is 5.82 Å². The highest BCUT2D eigenvalue weighted by Crippen LogP contribution is 2.26. The van der Waals surface area contributed by atoms with Crippen molar-refractivity contribution >= 4 is 6.29 Å². The zero-order valence-corrected chi connectivity index (χ0v) is 10.0. The fourth-order valence-electron chi connectivity index (χ4n) is 2.27. The number of nitrogens with zero attached hydrogens (tertiary/aromatic N) is 2. The Balaban J connectivity index is 1.72. The number of rotatable bonds is 4. The van der Waals surface area contributed by atoms with Gasteiger partial charge in [0.2, 0.25) is 0 Å². The Morgan fingerprint density at radius 3 is 3.28 bits per heavy atom. The van der Waals surface area contributed by atoms with Crippen molar-refractivity contribution in [1.82, 2.24) is 9.55 Å². The van der Waals surface area contributed by atoms with Gasteiger partial charge in [-0.05, 0) is 23.6 Å². The summed E-state index contributed by atoms with van der Waals surface area (Å²) in [5.41, 5.74) is 2.55. The highest BCUT2D eigenvalue weighted by atomic mass is 16.5. The van der Waals surface area contributed by atoms with Crippen molar-refractivity contribution < 1.29 is 9.53 Å². The standard InChI is InChI=1S/C14H14N2O2/c17-10-14-15-5-7-16(14)6-3-11-1-2-13-12(9-11)4-8-18-13/h1-2,5,7,9-10H,3-4,6,8H2. The minimum Gasteiger partial charge on any atom is -0.493 e. The van der Waals surface area contributed by atoms with Gasteiger partial charge < -0.3 is 9.30 Å². The normalized spacial score (nSPS) is 13.1. The first-order chi connectivity index (χ1) is 8.86. The molecule has 2 aromatic rings. The number of hydrogen-bond donors (Lipinski definition) is 0. The molecule has 0 fully saturated rings. The quantitative estimate of drug-likeness (QED) is 0.769. The molecule has 18 heavy (non-hydrogen) atoms. The summed E-state index contributed by atoms with van der Waals surface area (Å²) in [5, 5.41) is 0. The first kappa shape index (κ1) is 11.0. The highest BCUT2D eigenvalue weighted by molar-refractivity contribution is 5.69. The molecule has 0 saturated carbocycles. The molecule has 0 amide bonds. The van der Waals surface area contributed by atoms with Gasteiger partial charge in [0.15, 0.2) is 12.1 Å². The second kappa shape index (κ2) is 4.64.